The molecule has 0 saturated heterocycles. The summed E-state index contributed by atoms with van der Waals surface area (Å²) in [5, 5.41) is 28.2. The summed E-state index contributed by atoms with van der Waals surface area (Å²) in [6.07, 6.45) is 1.92. The predicted octanol–water partition coefficient (Wildman–Crippen LogP) is 10.3. The minimum absolute atomic E-state index is 0.133. The van der Waals surface area contributed by atoms with Crippen LogP contribution in [0.4, 0.5) is 0 Å². The number of aliphatic hydroxyl groups excluding tert-OH is 3. The Kier molecular flexibility index (Phi) is 11.9. The first-order valence-corrected chi connectivity index (χ1v) is 19.8. The molecule has 0 amide bonds. The van der Waals surface area contributed by atoms with E-state index < -0.39 is 0 Å². The van der Waals surface area contributed by atoms with Crippen LogP contribution in [0.2, 0.25) is 0 Å². The molecule has 0 saturated carbocycles. The van der Waals surface area contributed by atoms with Gasteiger partial charge in [-0.3, -0.25) is 0 Å². The molecule has 57 heavy (non-hydrogen) atoms. The van der Waals surface area contributed by atoms with E-state index in [4.69, 9.17) is 15.0 Å². The van der Waals surface area contributed by atoms with Crippen LogP contribution >= 0.6 is 0 Å². The predicted molar refractivity (Wildman–Crippen MR) is 233 cm³/mol. The third kappa shape index (κ3) is 8.49. The summed E-state index contributed by atoms with van der Waals surface area (Å²) in [5.41, 5.74) is 19.6. The maximum Gasteiger partial charge on any atom is 0.164 e. The fourth-order valence-corrected chi connectivity index (χ4v) is 7.78. The lowest BCUT2D eigenvalue weighted by Gasteiger charge is -2.17. The summed E-state index contributed by atoms with van der Waals surface area (Å²) in [6, 6.07) is 38.5. The van der Waals surface area contributed by atoms with E-state index in [9.17, 15) is 15.3 Å². The van der Waals surface area contributed by atoms with Gasteiger partial charge in [-0.2, -0.15) is 0 Å². The zero-order valence-electron chi connectivity index (χ0n) is 33.8. The zero-order chi connectivity index (χ0) is 40.2. The van der Waals surface area contributed by atoms with Crippen molar-refractivity contribution in [2.45, 2.75) is 60.8 Å². The molecule has 0 radical (unpaired) electrons. The molecule has 0 atom stereocenters. The van der Waals surface area contributed by atoms with Crippen LogP contribution in [0.15, 0.2) is 109 Å². The van der Waals surface area contributed by atoms with Crippen molar-refractivity contribution in [2.75, 3.05) is 19.8 Å². The second-order valence-electron chi connectivity index (χ2n) is 15.3. The minimum Gasteiger partial charge on any atom is -0.396 e. The summed E-state index contributed by atoms with van der Waals surface area (Å²) in [4.78, 5) is 15.7. The lowest BCUT2D eigenvalue weighted by Crippen LogP contribution is -2.04. The normalized spacial score (nSPS) is 11.3. The standard InChI is InChI=1S/C51H51N3O3/c1-31-28-46(34(4)25-43(31)40-13-7-37(8-14-40)19-22-55)49-52-50(47-29-32(2)44(26-35(47)5)41-15-9-38(10-16-41)20-23-56)54-51(53-49)48-30-33(3)45(27-36(48)6)42-17-11-39(12-18-42)21-24-57/h7-18,25-30,55-57H,19-24H2,1-6H3. The third-order valence-electron chi connectivity index (χ3n) is 11.1. The highest BCUT2D eigenvalue weighted by molar-refractivity contribution is 5.80. The van der Waals surface area contributed by atoms with Crippen molar-refractivity contribution in [1.82, 2.24) is 15.0 Å². The van der Waals surface area contributed by atoms with Crippen molar-refractivity contribution in [3.63, 3.8) is 0 Å². The van der Waals surface area contributed by atoms with Gasteiger partial charge < -0.3 is 15.3 Å². The Morgan fingerprint density at radius 3 is 0.754 bits per heavy atom. The van der Waals surface area contributed by atoms with E-state index in [0.29, 0.717) is 36.7 Å². The van der Waals surface area contributed by atoms with Crippen molar-refractivity contribution in [1.29, 1.82) is 0 Å². The number of benzene rings is 6. The van der Waals surface area contributed by atoms with E-state index in [0.717, 1.165) is 100 Å². The molecule has 0 aliphatic rings. The molecule has 7 aromatic rings. The molecule has 0 spiro atoms. The van der Waals surface area contributed by atoms with Crippen LogP contribution in [0.5, 0.6) is 0 Å². The fraction of sp³-hybridized carbons (Fsp3) is 0.235. The van der Waals surface area contributed by atoms with Gasteiger partial charge in [-0.1, -0.05) is 91.0 Å². The zero-order valence-corrected chi connectivity index (χ0v) is 33.8. The van der Waals surface area contributed by atoms with Gasteiger partial charge in [0.15, 0.2) is 17.5 Å². The lowest BCUT2D eigenvalue weighted by molar-refractivity contribution is 0.299. The van der Waals surface area contributed by atoms with Crippen molar-refractivity contribution in [3.05, 3.63) is 159 Å². The molecule has 0 aliphatic carbocycles. The molecular weight excluding hydrogens is 703 g/mol. The van der Waals surface area contributed by atoms with E-state index in [2.05, 4.69) is 151 Å². The smallest absolute Gasteiger partial charge is 0.164 e. The number of aliphatic hydroxyl groups is 3. The summed E-state index contributed by atoms with van der Waals surface area (Å²) in [7, 11) is 0. The van der Waals surface area contributed by atoms with Gasteiger partial charge in [0, 0.05) is 36.5 Å². The Morgan fingerprint density at radius 1 is 0.316 bits per heavy atom. The third-order valence-corrected chi connectivity index (χ3v) is 11.1. The Balaban J connectivity index is 1.35. The maximum atomic E-state index is 9.40. The molecule has 0 unspecified atom stereocenters. The van der Waals surface area contributed by atoms with Gasteiger partial charge in [-0.05, 0) is 162 Å². The number of rotatable bonds is 12. The van der Waals surface area contributed by atoms with E-state index in [1.165, 1.54) is 0 Å². The molecule has 288 valence electrons. The first-order valence-electron chi connectivity index (χ1n) is 19.8. The summed E-state index contributed by atoms with van der Waals surface area (Å²) >= 11 is 0. The number of hydrogen-bond acceptors (Lipinski definition) is 6. The Labute approximate surface area is 336 Å². The molecule has 0 bridgehead atoms. The van der Waals surface area contributed by atoms with Gasteiger partial charge >= 0.3 is 0 Å². The second kappa shape index (κ2) is 17.1. The molecule has 6 aromatic carbocycles. The highest BCUT2D eigenvalue weighted by Gasteiger charge is 2.20. The van der Waals surface area contributed by atoms with Gasteiger partial charge in [0.1, 0.15) is 0 Å². The number of aromatic nitrogens is 3. The van der Waals surface area contributed by atoms with Crippen LogP contribution in [-0.4, -0.2) is 50.1 Å². The van der Waals surface area contributed by atoms with Gasteiger partial charge in [-0.15, -0.1) is 0 Å². The largest absolute Gasteiger partial charge is 0.396 e. The molecule has 1 aromatic heterocycles. The van der Waals surface area contributed by atoms with Gasteiger partial charge in [0.05, 0.1) is 0 Å². The van der Waals surface area contributed by atoms with Crippen molar-refractivity contribution in [2.24, 2.45) is 0 Å². The molecule has 3 N–H and O–H groups in total. The summed E-state index contributed by atoms with van der Waals surface area (Å²) < 4.78 is 0. The Hall–Kier alpha value is -5.79. The molecule has 1 heterocycles. The molecule has 6 nitrogen and oxygen atoms in total. The highest BCUT2D eigenvalue weighted by Crippen LogP contribution is 2.37. The SMILES string of the molecule is Cc1cc(-c2nc(-c3cc(C)c(-c4ccc(CCO)cc4)cc3C)nc(-c3cc(C)c(-c4ccc(CCO)cc4)cc3C)n2)c(C)cc1-c1ccc(CCO)cc1. The van der Waals surface area contributed by atoms with E-state index >= 15 is 0 Å². The lowest BCUT2D eigenvalue weighted by atomic mass is 9.92. The Bertz CT molecular complexity index is 2250. The molecule has 0 fully saturated rings. The van der Waals surface area contributed by atoms with Crippen molar-refractivity contribution < 1.29 is 15.3 Å². The van der Waals surface area contributed by atoms with E-state index in [-0.39, 0.29) is 19.8 Å². The average Bonchev–Trinajstić information content (AvgIpc) is 3.21. The first kappa shape index (κ1) is 39.4. The van der Waals surface area contributed by atoms with Crippen LogP contribution in [0.1, 0.15) is 50.1 Å². The molecule has 0 aliphatic heterocycles. The summed E-state index contributed by atoms with van der Waals surface area (Å²) in [5.74, 6) is 1.88. The Morgan fingerprint density at radius 2 is 0.526 bits per heavy atom. The number of nitrogens with zero attached hydrogens (tertiary/aromatic N) is 3. The first-order chi connectivity index (χ1) is 27.6. The van der Waals surface area contributed by atoms with Crippen molar-refractivity contribution >= 4 is 0 Å². The molecular formula is C51H51N3O3. The fourth-order valence-electron chi connectivity index (χ4n) is 7.78. The van der Waals surface area contributed by atoms with E-state index in [1.54, 1.807) is 0 Å². The summed E-state index contributed by atoms with van der Waals surface area (Å²) in [6.45, 7) is 13.2. The van der Waals surface area contributed by atoms with Crippen LogP contribution < -0.4 is 0 Å². The van der Waals surface area contributed by atoms with Gasteiger partial charge in [-0.25, -0.2) is 15.0 Å². The highest BCUT2D eigenvalue weighted by atomic mass is 16.3. The monoisotopic (exact) mass is 753 g/mol. The molecule has 6 heteroatoms. The van der Waals surface area contributed by atoms with Crippen LogP contribution in [-0.2, 0) is 19.3 Å². The molecule has 7 rings (SSSR count). The van der Waals surface area contributed by atoms with Crippen LogP contribution in [0.25, 0.3) is 67.5 Å². The maximum absolute atomic E-state index is 9.40. The van der Waals surface area contributed by atoms with Crippen molar-refractivity contribution in [3.8, 4) is 67.5 Å². The van der Waals surface area contributed by atoms with Crippen LogP contribution in [0, 0.1) is 41.5 Å². The van der Waals surface area contributed by atoms with Gasteiger partial charge in [0.2, 0.25) is 0 Å². The number of aryl methyl sites for hydroxylation is 6. The quantitative estimate of drug-likeness (QED) is 0.115. The second-order valence-corrected chi connectivity index (χ2v) is 15.3. The van der Waals surface area contributed by atoms with E-state index in [1.807, 2.05) is 0 Å². The minimum atomic E-state index is 0.133. The average molecular weight is 754 g/mol. The topological polar surface area (TPSA) is 99.4 Å². The number of hydrogen-bond donors (Lipinski definition) is 3. The van der Waals surface area contributed by atoms with Gasteiger partial charge in [0.25, 0.3) is 0 Å². The van der Waals surface area contributed by atoms with Crippen LogP contribution in [0.3, 0.4) is 0 Å².